The zero-order valence-electron chi connectivity index (χ0n) is 46.9. The Morgan fingerprint density at radius 3 is 0.765 bits per heavy atom. The molecule has 0 rings (SSSR count). The van der Waals surface area contributed by atoms with Crippen molar-refractivity contribution in [2.24, 2.45) is 0 Å². The molecule has 4 nitrogen and oxygen atoms in total. The second-order valence-corrected chi connectivity index (χ2v) is 22.2. The molecule has 0 aliphatic carbocycles. The quantitative estimate of drug-likeness (QED) is 0.0420. The van der Waals surface area contributed by atoms with Crippen molar-refractivity contribution in [2.45, 2.75) is 386 Å². The molecule has 0 bridgehead atoms. The maximum Gasteiger partial charge on any atom is 0.220 e. The Kier molecular flexibility index (Phi) is 59.7. The molecule has 0 saturated carbocycles. The summed E-state index contributed by atoms with van der Waals surface area (Å²) in [6.45, 7) is 4.36. The summed E-state index contributed by atoms with van der Waals surface area (Å²) in [6, 6.07) is -0.619. The zero-order valence-corrected chi connectivity index (χ0v) is 46.9. The highest BCUT2D eigenvalue weighted by Gasteiger charge is 2.18. The summed E-state index contributed by atoms with van der Waals surface area (Å²) in [5.74, 6) is -0.0543. The van der Waals surface area contributed by atoms with Crippen LogP contribution >= 0.6 is 0 Å². The van der Waals surface area contributed by atoms with Gasteiger partial charge in [0.15, 0.2) is 0 Å². The van der Waals surface area contributed by atoms with Crippen molar-refractivity contribution >= 4 is 5.91 Å². The molecule has 0 aliphatic rings. The minimum Gasteiger partial charge on any atom is -0.394 e. The molecule has 1 amide bonds. The molecule has 0 saturated heterocycles. The number of hydrogen-bond acceptors (Lipinski definition) is 3. The molecule has 2 unspecified atom stereocenters. The van der Waals surface area contributed by atoms with Gasteiger partial charge in [0.1, 0.15) is 0 Å². The fraction of sp³-hybridized carbons (Fsp3) is 0.953. The molecule has 0 aliphatic heterocycles. The van der Waals surface area contributed by atoms with Gasteiger partial charge in [0.25, 0.3) is 0 Å². The number of rotatable bonds is 60. The third kappa shape index (κ3) is 56.0. The third-order valence-corrected chi connectivity index (χ3v) is 15.3. The topological polar surface area (TPSA) is 69.6 Å². The molecule has 3 N–H and O–H groups in total. The maximum absolute atomic E-state index is 12.5. The lowest BCUT2D eigenvalue weighted by molar-refractivity contribution is -0.123. The Morgan fingerprint density at radius 2 is 0.544 bits per heavy atom. The number of allylic oxidation sites excluding steroid dienone is 1. The molecule has 0 aromatic rings. The normalized spacial score (nSPS) is 12.7. The van der Waals surface area contributed by atoms with Crippen molar-refractivity contribution < 1.29 is 15.0 Å². The van der Waals surface area contributed by atoms with Crippen LogP contribution in [-0.4, -0.2) is 34.9 Å². The van der Waals surface area contributed by atoms with Crippen molar-refractivity contribution in [3.8, 4) is 0 Å². The molecule has 0 spiro atoms. The first-order valence-electron chi connectivity index (χ1n) is 31.9. The molecule has 0 fully saturated rings. The molecule has 0 radical (unpaired) electrons. The monoisotopic (exact) mass is 958 g/mol. The van der Waals surface area contributed by atoms with E-state index in [1.54, 1.807) is 6.08 Å². The van der Waals surface area contributed by atoms with Gasteiger partial charge in [-0.2, -0.15) is 0 Å². The number of aliphatic hydroxyl groups excluding tert-OH is 2. The first-order valence-corrected chi connectivity index (χ1v) is 31.9. The summed E-state index contributed by atoms with van der Waals surface area (Å²) >= 11 is 0. The minimum atomic E-state index is -0.836. The van der Waals surface area contributed by atoms with Gasteiger partial charge >= 0.3 is 0 Å². The van der Waals surface area contributed by atoms with E-state index < -0.39 is 12.1 Å². The van der Waals surface area contributed by atoms with Crippen LogP contribution in [0.25, 0.3) is 0 Å². The SMILES string of the molecule is CCCCCCCCCCCCCCCCCCCCCCCCCCCCCCCC/C=C/C(O)C(CO)NC(=O)CCCCCCCCCCCCCCCCCCCCCCCCCC. The van der Waals surface area contributed by atoms with E-state index in [-0.39, 0.29) is 12.5 Å². The largest absolute Gasteiger partial charge is 0.394 e. The molecule has 0 aromatic heterocycles. The molecule has 68 heavy (non-hydrogen) atoms. The highest BCUT2D eigenvalue weighted by Crippen LogP contribution is 2.19. The van der Waals surface area contributed by atoms with Crippen LogP contribution in [0.2, 0.25) is 0 Å². The van der Waals surface area contributed by atoms with Crippen molar-refractivity contribution in [1.82, 2.24) is 5.32 Å². The molecule has 0 aromatic carbocycles. The highest BCUT2D eigenvalue weighted by molar-refractivity contribution is 5.76. The number of nitrogens with one attached hydrogen (secondary N) is 1. The third-order valence-electron chi connectivity index (χ3n) is 15.3. The number of carbonyl (C=O) groups excluding carboxylic acids is 1. The fourth-order valence-electron chi connectivity index (χ4n) is 10.4. The average Bonchev–Trinajstić information content (AvgIpc) is 3.34. The zero-order chi connectivity index (χ0) is 49.2. The summed E-state index contributed by atoms with van der Waals surface area (Å²) in [6.07, 6.45) is 79.9. The Balaban J connectivity index is 3.41. The van der Waals surface area contributed by atoms with Gasteiger partial charge in [-0.3, -0.25) is 4.79 Å². The van der Waals surface area contributed by atoms with E-state index in [9.17, 15) is 15.0 Å². The van der Waals surface area contributed by atoms with Crippen LogP contribution in [0, 0.1) is 0 Å². The van der Waals surface area contributed by atoms with Gasteiger partial charge in [-0.1, -0.05) is 360 Å². The van der Waals surface area contributed by atoms with Crippen LogP contribution in [-0.2, 0) is 4.79 Å². The smallest absolute Gasteiger partial charge is 0.220 e. The Hall–Kier alpha value is -0.870. The number of carbonyl (C=O) groups is 1. The number of hydrogen-bond donors (Lipinski definition) is 3. The van der Waals surface area contributed by atoms with Gasteiger partial charge in [-0.25, -0.2) is 0 Å². The highest BCUT2D eigenvalue weighted by atomic mass is 16.3. The lowest BCUT2D eigenvalue weighted by Gasteiger charge is -2.20. The van der Waals surface area contributed by atoms with Gasteiger partial charge in [0.2, 0.25) is 5.91 Å². The van der Waals surface area contributed by atoms with Gasteiger partial charge in [-0.05, 0) is 19.3 Å². The number of aliphatic hydroxyl groups is 2. The molecule has 0 heterocycles. The second kappa shape index (κ2) is 60.4. The van der Waals surface area contributed by atoms with E-state index in [1.165, 1.54) is 327 Å². The Labute approximate surface area is 428 Å². The standard InChI is InChI=1S/C64H127NO3/c1-3-5-7-9-11-13-15-17-19-21-23-25-27-29-30-31-32-33-34-35-36-37-39-41-43-45-47-49-51-53-55-57-59-63(67)62(61-66)65-64(68)60-58-56-54-52-50-48-46-44-42-40-38-28-26-24-22-20-18-16-14-12-10-8-6-4-2/h57,59,62-63,66-67H,3-56,58,60-61H2,1-2H3,(H,65,68)/b59-57+. The van der Waals surface area contributed by atoms with Crippen molar-refractivity contribution in [3.63, 3.8) is 0 Å². The summed E-state index contributed by atoms with van der Waals surface area (Å²) in [5.41, 5.74) is 0. The summed E-state index contributed by atoms with van der Waals surface area (Å²) in [4.78, 5) is 12.5. The first-order chi connectivity index (χ1) is 33.7. The van der Waals surface area contributed by atoms with E-state index in [1.807, 2.05) is 6.08 Å². The van der Waals surface area contributed by atoms with Crippen LogP contribution in [0.3, 0.4) is 0 Å². The van der Waals surface area contributed by atoms with Crippen LogP contribution < -0.4 is 5.32 Å². The molecule has 406 valence electrons. The lowest BCUT2D eigenvalue weighted by Crippen LogP contribution is -2.45. The van der Waals surface area contributed by atoms with Crippen LogP contribution in [0.5, 0.6) is 0 Å². The van der Waals surface area contributed by atoms with E-state index in [0.29, 0.717) is 6.42 Å². The van der Waals surface area contributed by atoms with E-state index in [0.717, 1.165) is 25.7 Å². The summed E-state index contributed by atoms with van der Waals surface area (Å²) < 4.78 is 0. The Bertz CT molecular complexity index is 952. The van der Waals surface area contributed by atoms with Crippen LogP contribution in [0.1, 0.15) is 373 Å². The molecular weight excluding hydrogens is 831 g/mol. The number of amides is 1. The van der Waals surface area contributed by atoms with Gasteiger partial charge in [0.05, 0.1) is 18.8 Å². The lowest BCUT2D eigenvalue weighted by atomic mass is 10.0. The van der Waals surface area contributed by atoms with Crippen molar-refractivity contribution in [1.29, 1.82) is 0 Å². The number of unbranched alkanes of at least 4 members (excludes halogenated alkanes) is 53. The van der Waals surface area contributed by atoms with Crippen molar-refractivity contribution in [3.05, 3.63) is 12.2 Å². The predicted octanol–water partition coefficient (Wildman–Crippen LogP) is 21.3. The Morgan fingerprint density at radius 1 is 0.338 bits per heavy atom. The van der Waals surface area contributed by atoms with Crippen LogP contribution in [0.4, 0.5) is 0 Å². The predicted molar refractivity (Wildman–Crippen MR) is 304 cm³/mol. The maximum atomic E-state index is 12.5. The van der Waals surface area contributed by atoms with E-state index in [2.05, 4.69) is 19.2 Å². The minimum absolute atomic E-state index is 0.0543. The molecular formula is C64H127NO3. The summed E-state index contributed by atoms with van der Waals surface area (Å²) in [5, 5.41) is 23.3. The molecule has 2 atom stereocenters. The van der Waals surface area contributed by atoms with Gasteiger partial charge < -0.3 is 15.5 Å². The average molecular weight is 959 g/mol. The van der Waals surface area contributed by atoms with Gasteiger partial charge in [0, 0.05) is 6.42 Å². The van der Waals surface area contributed by atoms with Gasteiger partial charge in [-0.15, -0.1) is 0 Å². The van der Waals surface area contributed by atoms with Crippen LogP contribution in [0.15, 0.2) is 12.2 Å². The fourth-order valence-corrected chi connectivity index (χ4v) is 10.4. The molecule has 4 heteroatoms. The van der Waals surface area contributed by atoms with Crippen molar-refractivity contribution in [2.75, 3.05) is 6.61 Å². The second-order valence-electron chi connectivity index (χ2n) is 22.2. The first kappa shape index (κ1) is 67.1. The summed E-state index contributed by atoms with van der Waals surface area (Å²) in [7, 11) is 0. The van der Waals surface area contributed by atoms with E-state index >= 15 is 0 Å². The van der Waals surface area contributed by atoms with E-state index in [4.69, 9.17) is 0 Å².